The monoisotopic (exact) mass is 304 g/mol. The fraction of sp³-hybridized carbons (Fsp3) is 0.500. The number of carbonyl (C=O) groups is 2. The van der Waals surface area contributed by atoms with Gasteiger partial charge in [-0.2, -0.15) is 0 Å². The second-order valence-corrected chi connectivity index (χ2v) is 5.72. The molecule has 0 aromatic heterocycles. The van der Waals surface area contributed by atoms with Crippen molar-refractivity contribution in [3.8, 4) is 5.75 Å². The maximum atomic E-state index is 12.7. The third kappa shape index (κ3) is 2.78. The highest BCUT2D eigenvalue weighted by atomic mass is 16.5. The predicted molar refractivity (Wildman–Crippen MR) is 79.8 cm³/mol. The highest BCUT2D eigenvalue weighted by Gasteiger charge is 2.33. The number of rotatable bonds is 4. The van der Waals surface area contributed by atoms with Crippen molar-refractivity contribution in [2.45, 2.75) is 24.8 Å². The van der Waals surface area contributed by atoms with Crippen molar-refractivity contribution in [2.75, 3.05) is 26.9 Å². The molecule has 6 heteroatoms. The van der Waals surface area contributed by atoms with E-state index in [9.17, 15) is 9.59 Å². The molecule has 2 N–H and O–H groups in total. The molecule has 0 radical (unpaired) electrons. The van der Waals surface area contributed by atoms with Crippen molar-refractivity contribution in [1.29, 1.82) is 0 Å². The van der Waals surface area contributed by atoms with E-state index in [1.54, 1.807) is 13.2 Å². The van der Waals surface area contributed by atoms with Gasteiger partial charge in [0.1, 0.15) is 11.8 Å². The van der Waals surface area contributed by atoms with E-state index in [2.05, 4.69) is 0 Å². The van der Waals surface area contributed by atoms with Crippen LogP contribution in [0.3, 0.4) is 0 Å². The molecule has 22 heavy (non-hydrogen) atoms. The van der Waals surface area contributed by atoms with Crippen molar-refractivity contribution < 1.29 is 19.1 Å². The Morgan fingerprint density at radius 3 is 2.77 bits per heavy atom. The van der Waals surface area contributed by atoms with Gasteiger partial charge in [0.05, 0.1) is 20.3 Å². The lowest BCUT2D eigenvalue weighted by atomic mass is 10.0. The molecule has 1 aliphatic heterocycles. The number of morpholine rings is 1. The fourth-order valence-electron chi connectivity index (χ4n) is 2.83. The molecule has 1 atom stereocenters. The van der Waals surface area contributed by atoms with Crippen LogP contribution < -0.4 is 10.5 Å². The van der Waals surface area contributed by atoms with Gasteiger partial charge in [0.2, 0.25) is 5.91 Å². The number of hydrogen-bond acceptors (Lipinski definition) is 4. The van der Waals surface area contributed by atoms with Crippen LogP contribution >= 0.6 is 0 Å². The number of primary amides is 1. The van der Waals surface area contributed by atoms with Gasteiger partial charge in [0.25, 0.3) is 5.91 Å². The lowest BCUT2D eigenvalue weighted by Crippen LogP contribution is -2.54. The minimum Gasteiger partial charge on any atom is -0.496 e. The van der Waals surface area contributed by atoms with Crippen LogP contribution in [0.4, 0.5) is 0 Å². The van der Waals surface area contributed by atoms with Gasteiger partial charge in [-0.15, -0.1) is 0 Å². The van der Waals surface area contributed by atoms with Crippen LogP contribution in [0.1, 0.15) is 34.7 Å². The van der Waals surface area contributed by atoms with Crippen LogP contribution in [0.25, 0.3) is 0 Å². The predicted octanol–water partition coefficient (Wildman–Crippen LogP) is 0.899. The molecule has 1 heterocycles. The number of benzene rings is 1. The van der Waals surface area contributed by atoms with Crippen molar-refractivity contribution >= 4 is 11.8 Å². The molecule has 1 aromatic rings. The second kappa shape index (κ2) is 5.96. The number of amides is 2. The maximum absolute atomic E-state index is 12.7. The molecule has 2 aliphatic rings. The van der Waals surface area contributed by atoms with Gasteiger partial charge in [-0.05, 0) is 42.5 Å². The Labute approximate surface area is 129 Å². The molecular formula is C16H20N2O4. The quantitative estimate of drug-likeness (QED) is 0.896. The highest BCUT2D eigenvalue weighted by molar-refractivity contribution is 5.97. The van der Waals surface area contributed by atoms with E-state index in [-0.39, 0.29) is 12.5 Å². The minimum atomic E-state index is -0.701. The van der Waals surface area contributed by atoms with Crippen LogP contribution in [0.2, 0.25) is 0 Å². The molecule has 2 fully saturated rings. The summed E-state index contributed by atoms with van der Waals surface area (Å²) in [4.78, 5) is 25.7. The summed E-state index contributed by atoms with van der Waals surface area (Å²) in [7, 11) is 1.63. The molecule has 3 rings (SSSR count). The zero-order valence-corrected chi connectivity index (χ0v) is 12.6. The number of nitrogens with zero attached hydrogens (tertiary/aromatic N) is 1. The average molecular weight is 304 g/mol. The SMILES string of the molecule is COc1ccc(C(=O)N2CCOCC2C(N)=O)cc1C1CC1. The van der Waals surface area contributed by atoms with E-state index in [1.807, 2.05) is 12.1 Å². The maximum Gasteiger partial charge on any atom is 0.254 e. The molecule has 6 nitrogen and oxygen atoms in total. The molecular weight excluding hydrogens is 284 g/mol. The summed E-state index contributed by atoms with van der Waals surface area (Å²) in [6.07, 6.45) is 2.24. The Hall–Kier alpha value is -2.08. The first-order valence-electron chi connectivity index (χ1n) is 7.47. The Balaban J connectivity index is 1.87. The van der Waals surface area contributed by atoms with Crippen LogP contribution in [-0.4, -0.2) is 49.6 Å². The number of carbonyl (C=O) groups excluding carboxylic acids is 2. The van der Waals surface area contributed by atoms with Gasteiger partial charge in [0, 0.05) is 12.1 Å². The molecule has 2 amide bonds. The lowest BCUT2D eigenvalue weighted by Gasteiger charge is -2.33. The Bertz CT molecular complexity index is 598. The molecule has 118 valence electrons. The van der Waals surface area contributed by atoms with Gasteiger partial charge in [-0.3, -0.25) is 9.59 Å². The average Bonchev–Trinajstić information content (AvgIpc) is 3.38. The molecule has 0 spiro atoms. The van der Waals surface area contributed by atoms with E-state index >= 15 is 0 Å². The molecule has 1 saturated carbocycles. The van der Waals surface area contributed by atoms with E-state index in [4.69, 9.17) is 15.2 Å². The van der Waals surface area contributed by atoms with E-state index in [0.717, 1.165) is 24.2 Å². The van der Waals surface area contributed by atoms with Crippen molar-refractivity contribution in [3.05, 3.63) is 29.3 Å². The largest absolute Gasteiger partial charge is 0.496 e. The fourth-order valence-corrected chi connectivity index (χ4v) is 2.83. The molecule has 1 aromatic carbocycles. The number of nitrogens with two attached hydrogens (primary N) is 1. The van der Waals surface area contributed by atoms with Crippen LogP contribution in [0.15, 0.2) is 18.2 Å². The molecule has 1 unspecified atom stereocenters. The molecule has 1 aliphatic carbocycles. The third-order valence-corrected chi connectivity index (χ3v) is 4.21. The summed E-state index contributed by atoms with van der Waals surface area (Å²) >= 11 is 0. The van der Waals surface area contributed by atoms with E-state index in [1.165, 1.54) is 4.90 Å². The van der Waals surface area contributed by atoms with E-state index < -0.39 is 11.9 Å². The van der Waals surface area contributed by atoms with Gasteiger partial charge < -0.3 is 20.1 Å². The minimum absolute atomic E-state index is 0.159. The number of ether oxygens (including phenoxy) is 2. The van der Waals surface area contributed by atoms with Crippen molar-refractivity contribution in [2.24, 2.45) is 5.73 Å². The van der Waals surface area contributed by atoms with Gasteiger partial charge >= 0.3 is 0 Å². The zero-order valence-electron chi connectivity index (χ0n) is 12.6. The van der Waals surface area contributed by atoms with Crippen LogP contribution in [-0.2, 0) is 9.53 Å². The van der Waals surface area contributed by atoms with Gasteiger partial charge in [-0.25, -0.2) is 0 Å². The summed E-state index contributed by atoms with van der Waals surface area (Å²) in [5.74, 6) is 0.562. The summed E-state index contributed by atoms with van der Waals surface area (Å²) in [5.41, 5.74) is 7.01. The topological polar surface area (TPSA) is 81.9 Å². The second-order valence-electron chi connectivity index (χ2n) is 5.72. The van der Waals surface area contributed by atoms with Crippen molar-refractivity contribution in [1.82, 2.24) is 4.90 Å². The summed E-state index contributed by atoms with van der Waals surface area (Å²) in [6.45, 7) is 0.950. The zero-order chi connectivity index (χ0) is 15.7. The standard InChI is InChI=1S/C16H20N2O4/c1-21-14-5-4-11(8-12(14)10-2-3-10)16(20)18-6-7-22-9-13(18)15(17)19/h4-5,8,10,13H,2-3,6-7,9H2,1H3,(H2,17,19). The lowest BCUT2D eigenvalue weighted by molar-refractivity contribution is -0.127. The smallest absolute Gasteiger partial charge is 0.254 e. The number of hydrogen-bond donors (Lipinski definition) is 1. The Morgan fingerprint density at radius 1 is 1.36 bits per heavy atom. The summed E-state index contributed by atoms with van der Waals surface area (Å²) < 4.78 is 10.6. The van der Waals surface area contributed by atoms with Crippen molar-refractivity contribution in [3.63, 3.8) is 0 Å². The molecule has 1 saturated heterocycles. The first-order chi connectivity index (χ1) is 10.6. The van der Waals surface area contributed by atoms with Gasteiger partial charge in [-0.1, -0.05) is 0 Å². The first-order valence-corrected chi connectivity index (χ1v) is 7.47. The summed E-state index contributed by atoms with van der Waals surface area (Å²) in [6, 6.07) is 4.74. The number of methoxy groups -OCH3 is 1. The summed E-state index contributed by atoms with van der Waals surface area (Å²) in [5, 5.41) is 0. The normalized spacial score (nSPS) is 21.5. The Morgan fingerprint density at radius 2 is 2.14 bits per heavy atom. The molecule has 0 bridgehead atoms. The highest BCUT2D eigenvalue weighted by Crippen LogP contribution is 2.44. The Kier molecular flexibility index (Phi) is 4.02. The van der Waals surface area contributed by atoms with E-state index in [0.29, 0.717) is 24.6 Å². The van der Waals surface area contributed by atoms with Crippen LogP contribution in [0, 0.1) is 0 Å². The van der Waals surface area contributed by atoms with Crippen LogP contribution in [0.5, 0.6) is 5.75 Å². The first kappa shape index (κ1) is 14.8. The third-order valence-electron chi connectivity index (χ3n) is 4.21. The van der Waals surface area contributed by atoms with Gasteiger partial charge in [0.15, 0.2) is 0 Å².